The van der Waals surface area contributed by atoms with E-state index in [9.17, 15) is 9.18 Å². The lowest BCUT2D eigenvalue weighted by Gasteiger charge is -2.10. The summed E-state index contributed by atoms with van der Waals surface area (Å²) in [4.78, 5) is 17.6. The van der Waals surface area contributed by atoms with E-state index in [0.29, 0.717) is 27.7 Å². The summed E-state index contributed by atoms with van der Waals surface area (Å²) in [5.41, 5.74) is 4.98. The molecule has 7 heteroatoms. The van der Waals surface area contributed by atoms with Gasteiger partial charge in [0.2, 0.25) is 5.91 Å². The highest BCUT2D eigenvalue weighted by Crippen LogP contribution is 2.29. The van der Waals surface area contributed by atoms with Gasteiger partial charge < -0.3 is 14.5 Å². The highest BCUT2D eigenvalue weighted by molar-refractivity contribution is 6.32. The third-order valence-corrected chi connectivity index (χ3v) is 5.36. The largest absolute Gasteiger partial charge is 0.495 e. The number of ether oxygens (including phenoxy) is 1. The molecule has 0 spiro atoms. The lowest BCUT2D eigenvalue weighted by atomic mass is 10.1. The first-order valence-electron chi connectivity index (χ1n) is 9.73. The zero-order valence-electron chi connectivity index (χ0n) is 17.4. The summed E-state index contributed by atoms with van der Waals surface area (Å²) < 4.78 is 20.9. The monoisotopic (exact) mass is 437 g/mol. The number of nitrogens with one attached hydrogen (secondary N) is 1. The number of methoxy groups -OCH3 is 1. The summed E-state index contributed by atoms with van der Waals surface area (Å²) in [6, 6.07) is 13.8. The number of nitrogens with zero attached hydrogens (tertiary/aromatic N) is 2. The number of imidazole rings is 1. The number of hydrogen-bond donors (Lipinski definition) is 1. The maximum atomic E-state index is 13.8. The number of aromatic nitrogens is 2. The van der Waals surface area contributed by atoms with Crippen molar-refractivity contribution in [1.29, 1.82) is 0 Å². The fourth-order valence-electron chi connectivity index (χ4n) is 3.49. The summed E-state index contributed by atoms with van der Waals surface area (Å²) in [5.74, 6) is 0.0366. The molecule has 0 bridgehead atoms. The lowest BCUT2D eigenvalue weighted by molar-refractivity contribution is -0.115. The van der Waals surface area contributed by atoms with Crippen molar-refractivity contribution in [2.45, 2.75) is 20.3 Å². The van der Waals surface area contributed by atoms with Crippen LogP contribution in [0.25, 0.3) is 16.9 Å². The van der Waals surface area contributed by atoms with Crippen LogP contribution in [0, 0.1) is 19.7 Å². The number of halogens is 2. The molecule has 0 radical (unpaired) electrons. The number of fused-ring (bicyclic) bond motifs is 1. The number of benzene rings is 2. The van der Waals surface area contributed by atoms with Crippen molar-refractivity contribution in [3.05, 3.63) is 82.4 Å². The van der Waals surface area contributed by atoms with Crippen molar-refractivity contribution in [3.8, 4) is 17.0 Å². The van der Waals surface area contributed by atoms with Crippen LogP contribution in [0.3, 0.4) is 0 Å². The van der Waals surface area contributed by atoms with Gasteiger partial charge in [-0.3, -0.25) is 4.79 Å². The fourth-order valence-corrected chi connectivity index (χ4v) is 3.75. The molecule has 5 nitrogen and oxygen atoms in total. The molecule has 0 atom stereocenters. The number of aryl methyl sites for hydroxylation is 2. The fraction of sp³-hybridized carbons (Fsp3) is 0.167. The second kappa shape index (κ2) is 8.40. The van der Waals surface area contributed by atoms with Gasteiger partial charge >= 0.3 is 0 Å². The topological polar surface area (TPSA) is 55.6 Å². The van der Waals surface area contributed by atoms with Gasteiger partial charge in [-0.25, -0.2) is 9.37 Å². The molecule has 2 aromatic heterocycles. The van der Waals surface area contributed by atoms with Gasteiger partial charge in [0.1, 0.15) is 17.2 Å². The quantitative estimate of drug-likeness (QED) is 0.442. The van der Waals surface area contributed by atoms with Gasteiger partial charge in [0.15, 0.2) is 0 Å². The van der Waals surface area contributed by atoms with Crippen molar-refractivity contribution in [2.24, 2.45) is 0 Å². The van der Waals surface area contributed by atoms with Crippen molar-refractivity contribution in [3.63, 3.8) is 0 Å². The van der Waals surface area contributed by atoms with E-state index in [0.717, 1.165) is 22.5 Å². The Hall–Kier alpha value is -3.38. The molecule has 4 aromatic rings. The van der Waals surface area contributed by atoms with E-state index in [4.69, 9.17) is 21.3 Å². The molecular weight excluding hydrogens is 417 g/mol. The van der Waals surface area contributed by atoms with Crippen LogP contribution in [-0.2, 0) is 11.2 Å². The van der Waals surface area contributed by atoms with Crippen LogP contribution in [0.15, 0.2) is 54.7 Å². The van der Waals surface area contributed by atoms with Crippen molar-refractivity contribution in [1.82, 2.24) is 9.38 Å². The molecule has 1 amide bonds. The van der Waals surface area contributed by atoms with Crippen LogP contribution < -0.4 is 10.1 Å². The number of pyridine rings is 1. The number of carbonyl (C=O) groups is 1. The molecule has 2 heterocycles. The van der Waals surface area contributed by atoms with E-state index in [1.54, 1.807) is 37.3 Å². The number of hydrogen-bond acceptors (Lipinski definition) is 3. The van der Waals surface area contributed by atoms with Gasteiger partial charge in [-0.2, -0.15) is 0 Å². The van der Waals surface area contributed by atoms with Gasteiger partial charge in [-0.1, -0.05) is 17.7 Å². The second-order valence-corrected chi connectivity index (χ2v) is 7.79. The second-order valence-electron chi connectivity index (χ2n) is 7.38. The van der Waals surface area contributed by atoms with Crippen LogP contribution in [0.2, 0.25) is 5.02 Å². The molecular formula is C24H21ClFN3O2. The maximum absolute atomic E-state index is 13.8. The molecule has 0 saturated heterocycles. The van der Waals surface area contributed by atoms with Crippen LogP contribution in [0.1, 0.15) is 16.8 Å². The summed E-state index contributed by atoms with van der Waals surface area (Å²) in [7, 11) is 1.53. The van der Waals surface area contributed by atoms with E-state index < -0.39 is 0 Å². The van der Waals surface area contributed by atoms with E-state index in [1.165, 1.54) is 13.2 Å². The minimum Gasteiger partial charge on any atom is -0.495 e. The SMILES string of the molecule is COc1ccc(NC(=O)Cc2c(-c3ccc(F)c(C)c3)nc3ccc(C)cn23)cc1Cl. The normalized spacial score (nSPS) is 11.0. The molecule has 0 aliphatic carbocycles. The van der Waals surface area contributed by atoms with Crippen LogP contribution in [0.4, 0.5) is 10.1 Å². The predicted molar refractivity (Wildman–Crippen MR) is 120 cm³/mol. The Balaban J connectivity index is 1.71. The van der Waals surface area contributed by atoms with Crippen molar-refractivity contribution >= 4 is 28.8 Å². The van der Waals surface area contributed by atoms with Gasteiger partial charge in [0, 0.05) is 17.4 Å². The number of rotatable bonds is 5. The van der Waals surface area contributed by atoms with E-state index in [1.807, 2.05) is 29.7 Å². The lowest BCUT2D eigenvalue weighted by Crippen LogP contribution is -2.16. The van der Waals surface area contributed by atoms with E-state index >= 15 is 0 Å². The minimum atomic E-state index is -0.279. The highest BCUT2D eigenvalue weighted by Gasteiger charge is 2.18. The average Bonchev–Trinajstić information content (AvgIpc) is 3.07. The Morgan fingerprint density at radius 2 is 1.97 bits per heavy atom. The number of amides is 1. The third-order valence-electron chi connectivity index (χ3n) is 5.06. The zero-order valence-corrected chi connectivity index (χ0v) is 18.1. The van der Waals surface area contributed by atoms with Crippen LogP contribution in [-0.4, -0.2) is 22.4 Å². The standard InChI is InChI=1S/C24H21ClFN3O2/c1-14-4-9-22-28-24(16-5-7-19(26)15(2)10-16)20(29(22)13-14)12-23(30)27-17-6-8-21(31-3)18(25)11-17/h4-11,13H,12H2,1-3H3,(H,27,30). The third kappa shape index (κ3) is 4.25. The highest BCUT2D eigenvalue weighted by atomic mass is 35.5. The smallest absolute Gasteiger partial charge is 0.230 e. The van der Waals surface area contributed by atoms with E-state index in [-0.39, 0.29) is 18.1 Å². The average molecular weight is 438 g/mol. The Morgan fingerprint density at radius 1 is 1.16 bits per heavy atom. The van der Waals surface area contributed by atoms with Gasteiger partial charge in [-0.05, 0) is 67.4 Å². The van der Waals surface area contributed by atoms with Gasteiger partial charge in [-0.15, -0.1) is 0 Å². The maximum Gasteiger partial charge on any atom is 0.230 e. The summed E-state index contributed by atoms with van der Waals surface area (Å²) >= 11 is 6.16. The molecule has 31 heavy (non-hydrogen) atoms. The van der Waals surface area contributed by atoms with E-state index in [2.05, 4.69) is 5.32 Å². The Labute approximate surface area is 184 Å². The summed E-state index contributed by atoms with van der Waals surface area (Å²) in [6.45, 7) is 3.68. The summed E-state index contributed by atoms with van der Waals surface area (Å²) in [6.07, 6.45) is 2.02. The predicted octanol–water partition coefficient (Wildman–Crippen LogP) is 5.60. The van der Waals surface area contributed by atoms with Crippen molar-refractivity contribution in [2.75, 3.05) is 12.4 Å². The molecule has 0 saturated carbocycles. The zero-order chi connectivity index (χ0) is 22.1. The number of anilines is 1. The van der Waals surface area contributed by atoms with Gasteiger partial charge in [0.05, 0.1) is 29.9 Å². The van der Waals surface area contributed by atoms with Crippen LogP contribution in [0.5, 0.6) is 5.75 Å². The van der Waals surface area contributed by atoms with Gasteiger partial charge in [0.25, 0.3) is 0 Å². The molecule has 158 valence electrons. The first kappa shape index (κ1) is 20.9. The molecule has 1 N–H and O–H groups in total. The molecule has 0 unspecified atom stereocenters. The van der Waals surface area contributed by atoms with Crippen molar-refractivity contribution < 1.29 is 13.9 Å². The summed E-state index contributed by atoms with van der Waals surface area (Å²) in [5, 5.41) is 3.28. The molecule has 4 rings (SSSR count). The Kier molecular flexibility index (Phi) is 5.65. The Morgan fingerprint density at radius 3 is 2.68 bits per heavy atom. The van der Waals surface area contributed by atoms with Crippen LogP contribution >= 0.6 is 11.6 Å². The first-order chi connectivity index (χ1) is 14.9. The number of carbonyl (C=O) groups excluding carboxylic acids is 1. The minimum absolute atomic E-state index is 0.0834. The molecule has 2 aromatic carbocycles. The molecule has 0 aliphatic heterocycles. The molecule has 0 aliphatic rings. The first-order valence-corrected chi connectivity index (χ1v) is 10.1. The molecule has 0 fully saturated rings. The Bertz CT molecular complexity index is 1300.